The van der Waals surface area contributed by atoms with Crippen LogP contribution in [-0.4, -0.2) is 17.4 Å². The summed E-state index contributed by atoms with van der Waals surface area (Å²) in [6.45, 7) is 3.63. The minimum atomic E-state index is 0.115. The van der Waals surface area contributed by atoms with E-state index < -0.39 is 0 Å². The molecule has 1 aromatic rings. The number of carbonyl (C=O) groups excluding carboxylic acids is 1. The maximum atomic E-state index is 11.8. The van der Waals surface area contributed by atoms with Crippen LogP contribution in [0.5, 0.6) is 0 Å². The number of carbonyl (C=O) groups is 1. The van der Waals surface area contributed by atoms with Crippen molar-refractivity contribution in [3.8, 4) is 0 Å². The standard InChI is InChI=1S/C11H12ClNO/c1-2-5-13-7-8-3-4-9(12)6-10(8)11(13)14/h3-4,6H,2,5,7H2,1H3. The van der Waals surface area contributed by atoms with Crippen LogP contribution in [0.4, 0.5) is 0 Å². The number of rotatable bonds is 2. The van der Waals surface area contributed by atoms with Crippen LogP contribution in [-0.2, 0) is 6.54 Å². The summed E-state index contributed by atoms with van der Waals surface area (Å²) >= 11 is 5.84. The Morgan fingerprint density at radius 2 is 2.29 bits per heavy atom. The van der Waals surface area contributed by atoms with Gasteiger partial charge in [-0.05, 0) is 24.1 Å². The van der Waals surface area contributed by atoms with Gasteiger partial charge in [0.2, 0.25) is 0 Å². The van der Waals surface area contributed by atoms with Gasteiger partial charge in [0.25, 0.3) is 5.91 Å². The number of hydrogen-bond acceptors (Lipinski definition) is 1. The summed E-state index contributed by atoms with van der Waals surface area (Å²) in [6.07, 6.45) is 0.994. The molecule has 0 atom stereocenters. The lowest BCUT2D eigenvalue weighted by Gasteiger charge is -2.13. The topological polar surface area (TPSA) is 20.3 Å². The van der Waals surface area contributed by atoms with Crippen molar-refractivity contribution in [3.63, 3.8) is 0 Å². The predicted molar refractivity (Wildman–Crippen MR) is 56.5 cm³/mol. The molecule has 1 aliphatic heterocycles. The van der Waals surface area contributed by atoms with E-state index in [1.165, 1.54) is 0 Å². The molecule has 1 aromatic carbocycles. The number of nitrogens with zero attached hydrogens (tertiary/aromatic N) is 1. The SMILES string of the molecule is CCCN1Cc2ccc(Cl)cc2C1=O. The molecule has 0 bridgehead atoms. The highest BCUT2D eigenvalue weighted by Gasteiger charge is 2.26. The fourth-order valence-corrected chi connectivity index (χ4v) is 1.96. The Morgan fingerprint density at radius 1 is 1.50 bits per heavy atom. The summed E-state index contributed by atoms with van der Waals surface area (Å²) in [7, 11) is 0. The molecule has 3 heteroatoms. The van der Waals surface area contributed by atoms with E-state index in [9.17, 15) is 4.79 Å². The smallest absolute Gasteiger partial charge is 0.254 e. The van der Waals surface area contributed by atoms with E-state index in [2.05, 4.69) is 6.92 Å². The van der Waals surface area contributed by atoms with Gasteiger partial charge in [-0.15, -0.1) is 0 Å². The Morgan fingerprint density at radius 3 is 3.00 bits per heavy atom. The van der Waals surface area contributed by atoms with Crippen molar-refractivity contribution < 1.29 is 4.79 Å². The van der Waals surface area contributed by atoms with Crippen LogP contribution in [0.1, 0.15) is 29.3 Å². The monoisotopic (exact) mass is 209 g/mol. The lowest BCUT2D eigenvalue weighted by Crippen LogP contribution is -2.24. The molecule has 2 rings (SSSR count). The summed E-state index contributed by atoms with van der Waals surface area (Å²) < 4.78 is 0. The molecule has 2 nitrogen and oxygen atoms in total. The van der Waals surface area contributed by atoms with Gasteiger partial charge in [-0.2, -0.15) is 0 Å². The fourth-order valence-electron chi connectivity index (χ4n) is 1.78. The average Bonchev–Trinajstić information content (AvgIpc) is 2.46. The average molecular weight is 210 g/mol. The molecular weight excluding hydrogens is 198 g/mol. The van der Waals surface area contributed by atoms with Crippen molar-refractivity contribution in [1.82, 2.24) is 4.90 Å². The molecule has 1 aliphatic rings. The first-order valence-electron chi connectivity index (χ1n) is 4.80. The zero-order valence-electron chi connectivity index (χ0n) is 8.09. The summed E-state index contributed by atoms with van der Waals surface area (Å²) in [4.78, 5) is 13.7. The summed E-state index contributed by atoms with van der Waals surface area (Å²) in [5, 5.41) is 0.635. The Labute approximate surface area is 88.5 Å². The second-order valence-electron chi connectivity index (χ2n) is 3.53. The maximum Gasteiger partial charge on any atom is 0.254 e. The minimum Gasteiger partial charge on any atom is -0.334 e. The first-order valence-corrected chi connectivity index (χ1v) is 5.18. The minimum absolute atomic E-state index is 0.115. The van der Waals surface area contributed by atoms with E-state index >= 15 is 0 Å². The van der Waals surface area contributed by atoms with Gasteiger partial charge < -0.3 is 4.90 Å². The quantitative estimate of drug-likeness (QED) is 0.734. The number of benzene rings is 1. The maximum absolute atomic E-state index is 11.8. The number of amides is 1. The fraction of sp³-hybridized carbons (Fsp3) is 0.364. The van der Waals surface area contributed by atoms with Crippen molar-refractivity contribution in [1.29, 1.82) is 0 Å². The van der Waals surface area contributed by atoms with Gasteiger partial charge in [-0.25, -0.2) is 0 Å². The Bertz CT molecular complexity index is 376. The largest absolute Gasteiger partial charge is 0.334 e. The lowest BCUT2D eigenvalue weighted by atomic mass is 10.1. The summed E-state index contributed by atoms with van der Waals surface area (Å²) in [6, 6.07) is 5.53. The molecule has 74 valence electrons. The molecule has 1 amide bonds. The third-order valence-electron chi connectivity index (χ3n) is 2.44. The van der Waals surface area contributed by atoms with Gasteiger partial charge in [0, 0.05) is 23.7 Å². The third-order valence-corrected chi connectivity index (χ3v) is 2.68. The Balaban J connectivity index is 2.31. The first kappa shape index (κ1) is 9.53. The predicted octanol–water partition coefficient (Wildman–Crippen LogP) is 2.71. The number of hydrogen-bond donors (Lipinski definition) is 0. The second kappa shape index (κ2) is 3.62. The van der Waals surface area contributed by atoms with Crippen LogP contribution in [0.15, 0.2) is 18.2 Å². The highest BCUT2D eigenvalue weighted by Crippen LogP contribution is 2.25. The van der Waals surface area contributed by atoms with Crippen molar-refractivity contribution >= 4 is 17.5 Å². The molecule has 0 spiro atoms. The zero-order chi connectivity index (χ0) is 10.1. The van der Waals surface area contributed by atoms with Crippen LogP contribution in [0, 0.1) is 0 Å². The van der Waals surface area contributed by atoms with Crippen LogP contribution >= 0.6 is 11.6 Å². The van der Waals surface area contributed by atoms with Gasteiger partial charge in [0.05, 0.1) is 0 Å². The third kappa shape index (κ3) is 1.50. The summed E-state index contributed by atoms with van der Waals surface area (Å²) in [5.74, 6) is 0.115. The molecule has 0 unspecified atom stereocenters. The highest BCUT2D eigenvalue weighted by atomic mass is 35.5. The van der Waals surface area contributed by atoms with Crippen LogP contribution < -0.4 is 0 Å². The molecule has 0 N–H and O–H groups in total. The van der Waals surface area contributed by atoms with Crippen LogP contribution in [0.3, 0.4) is 0 Å². The van der Waals surface area contributed by atoms with Crippen molar-refractivity contribution in [2.75, 3.05) is 6.54 Å². The normalized spacial score (nSPS) is 14.7. The number of fused-ring (bicyclic) bond motifs is 1. The van der Waals surface area contributed by atoms with Crippen molar-refractivity contribution in [2.45, 2.75) is 19.9 Å². The van der Waals surface area contributed by atoms with E-state index in [0.29, 0.717) is 5.02 Å². The van der Waals surface area contributed by atoms with E-state index in [1.807, 2.05) is 17.0 Å². The Hall–Kier alpha value is -1.02. The molecule has 0 saturated heterocycles. The van der Waals surface area contributed by atoms with Gasteiger partial charge in [-0.1, -0.05) is 24.6 Å². The van der Waals surface area contributed by atoms with E-state index in [4.69, 9.17) is 11.6 Å². The lowest BCUT2D eigenvalue weighted by molar-refractivity contribution is 0.0778. The number of halogens is 1. The molecule has 0 saturated carbocycles. The van der Waals surface area contributed by atoms with E-state index in [-0.39, 0.29) is 5.91 Å². The van der Waals surface area contributed by atoms with Gasteiger partial charge >= 0.3 is 0 Å². The molecule has 14 heavy (non-hydrogen) atoms. The van der Waals surface area contributed by atoms with Gasteiger partial charge in [0.1, 0.15) is 0 Å². The van der Waals surface area contributed by atoms with E-state index in [1.54, 1.807) is 6.07 Å². The zero-order valence-corrected chi connectivity index (χ0v) is 8.84. The van der Waals surface area contributed by atoms with E-state index in [0.717, 1.165) is 30.6 Å². The summed E-state index contributed by atoms with van der Waals surface area (Å²) in [5.41, 5.74) is 1.86. The molecular formula is C11H12ClNO. The van der Waals surface area contributed by atoms with Crippen LogP contribution in [0.2, 0.25) is 5.02 Å². The van der Waals surface area contributed by atoms with Crippen LogP contribution in [0.25, 0.3) is 0 Å². The molecule has 0 fully saturated rings. The van der Waals surface area contributed by atoms with Crippen molar-refractivity contribution in [2.24, 2.45) is 0 Å². The Kier molecular flexibility index (Phi) is 2.46. The second-order valence-corrected chi connectivity index (χ2v) is 3.96. The molecule has 0 aromatic heterocycles. The molecule has 0 radical (unpaired) electrons. The van der Waals surface area contributed by atoms with Gasteiger partial charge in [-0.3, -0.25) is 4.79 Å². The first-order chi connectivity index (χ1) is 6.72. The van der Waals surface area contributed by atoms with Gasteiger partial charge in [0.15, 0.2) is 0 Å². The van der Waals surface area contributed by atoms with Crippen molar-refractivity contribution in [3.05, 3.63) is 34.3 Å². The molecule has 1 heterocycles. The highest BCUT2D eigenvalue weighted by molar-refractivity contribution is 6.31. The molecule has 0 aliphatic carbocycles.